The Morgan fingerprint density at radius 1 is 1.70 bits per heavy atom. The minimum Gasteiger partial charge on any atom is -0.448 e. The van der Waals surface area contributed by atoms with Crippen LogP contribution in [0.2, 0.25) is 0 Å². The van der Waals surface area contributed by atoms with Crippen LogP contribution in [0.5, 0.6) is 0 Å². The van der Waals surface area contributed by atoms with E-state index in [1.165, 1.54) is 6.39 Å². The van der Waals surface area contributed by atoms with Crippen molar-refractivity contribution in [2.24, 2.45) is 0 Å². The molecule has 0 aromatic carbocycles. The van der Waals surface area contributed by atoms with Crippen LogP contribution in [0.3, 0.4) is 0 Å². The quantitative estimate of drug-likeness (QED) is 0.629. The minimum absolute atomic E-state index is 0.502. The Hall–Kier alpha value is -0.790. The standard InChI is InChI=1S/C8H13NO/c1-4-6(2)8-7(3)9-5-10-8/h5-6H,4H2,1-3H3. The van der Waals surface area contributed by atoms with Crippen molar-refractivity contribution in [3.63, 3.8) is 0 Å². The van der Waals surface area contributed by atoms with Crippen molar-refractivity contribution in [2.75, 3.05) is 0 Å². The van der Waals surface area contributed by atoms with Crippen LogP contribution in [0.4, 0.5) is 0 Å². The predicted molar refractivity (Wildman–Crippen MR) is 39.9 cm³/mol. The van der Waals surface area contributed by atoms with E-state index in [9.17, 15) is 0 Å². The summed E-state index contributed by atoms with van der Waals surface area (Å²) in [6, 6.07) is 0. The molecule has 2 heteroatoms. The number of nitrogens with zero attached hydrogens (tertiary/aromatic N) is 1. The largest absolute Gasteiger partial charge is 0.448 e. The fourth-order valence-electron chi connectivity index (χ4n) is 0.969. The summed E-state index contributed by atoms with van der Waals surface area (Å²) in [6.07, 6.45) is 2.62. The van der Waals surface area contributed by atoms with Gasteiger partial charge in [0.15, 0.2) is 6.39 Å². The van der Waals surface area contributed by atoms with E-state index in [1.807, 2.05) is 6.92 Å². The molecule has 10 heavy (non-hydrogen) atoms. The SMILES string of the molecule is CCC(C)c1ocnc1C. The molecule has 1 rings (SSSR count). The van der Waals surface area contributed by atoms with Crippen LogP contribution < -0.4 is 0 Å². The van der Waals surface area contributed by atoms with Crippen molar-refractivity contribution < 1.29 is 4.42 Å². The van der Waals surface area contributed by atoms with Gasteiger partial charge in [-0.3, -0.25) is 0 Å². The highest BCUT2D eigenvalue weighted by molar-refractivity contribution is 5.08. The van der Waals surface area contributed by atoms with E-state index in [0.717, 1.165) is 17.9 Å². The molecule has 0 spiro atoms. The Kier molecular flexibility index (Phi) is 2.10. The fraction of sp³-hybridized carbons (Fsp3) is 0.625. The third kappa shape index (κ3) is 1.20. The molecule has 1 heterocycles. The summed E-state index contributed by atoms with van der Waals surface area (Å²) in [5, 5.41) is 0. The minimum atomic E-state index is 0.502. The highest BCUT2D eigenvalue weighted by Crippen LogP contribution is 2.20. The van der Waals surface area contributed by atoms with E-state index in [4.69, 9.17) is 4.42 Å². The summed E-state index contributed by atoms with van der Waals surface area (Å²) >= 11 is 0. The summed E-state index contributed by atoms with van der Waals surface area (Å²) in [7, 11) is 0. The molecule has 2 nitrogen and oxygen atoms in total. The molecule has 1 atom stereocenters. The normalized spacial score (nSPS) is 13.5. The molecule has 1 unspecified atom stereocenters. The third-order valence-electron chi connectivity index (χ3n) is 1.84. The van der Waals surface area contributed by atoms with E-state index < -0.39 is 0 Å². The molecule has 0 fully saturated rings. The number of aromatic nitrogens is 1. The molecule has 0 aliphatic heterocycles. The summed E-state index contributed by atoms with van der Waals surface area (Å²) < 4.78 is 5.21. The Labute approximate surface area is 61.3 Å². The number of hydrogen-bond donors (Lipinski definition) is 0. The molecule has 0 aliphatic carbocycles. The van der Waals surface area contributed by atoms with Gasteiger partial charge in [-0.25, -0.2) is 4.98 Å². The van der Waals surface area contributed by atoms with Gasteiger partial charge in [0.2, 0.25) is 0 Å². The van der Waals surface area contributed by atoms with Crippen LogP contribution in [0.1, 0.15) is 37.6 Å². The molecule has 1 aromatic heterocycles. The molecule has 1 aromatic rings. The zero-order chi connectivity index (χ0) is 7.56. The monoisotopic (exact) mass is 139 g/mol. The van der Waals surface area contributed by atoms with Gasteiger partial charge in [0.25, 0.3) is 0 Å². The van der Waals surface area contributed by atoms with Crippen molar-refractivity contribution in [3.8, 4) is 0 Å². The van der Waals surface area contributed by atoms with Gasteiger partial charge in [-0.15, -0.1) is 0 Å². The van der Waals surface area contributed by atoms with Gasteiger partial charge in [-0.1, -0.05) is 13.8 Å². The first-order chi connectivity index (χ1) is 4.75. The van der Waals surface area contributed by atoms with E-state index in [2.05, 4.69) is 18.8 Å². The molecule has 0 radical (unpaired) electrons. The summed E-state index contributed by atoms with van der Waals surface area (Å²) in [5.41, 5.74) is 1.02. The predicted octanol–water partition coefficient (Wildman–Crippen LogP) is 2.50. The molecular weight excluding hydrogens is 126 g/mol. The maximum absolute atomic E-state index is 5.21. The van der Waals surface area contributed by atoms with Crippen LogP contribution in [0.25, 0.3) is 0 Å². The Morgan fingerprint density at radius 3 is 2.80 bits per heavy atom. The van der Waals surface area contributed by atoms with Gasteiger partial charge in [0.05, 0.1) is 5.69 Å². The van der Waals surface area contributed by atoms with E-state index in [1.54, 1.807) is 0 Å². The molecule has 0 saturated heterocycles. The second-order valence-electron chi connectivity index (χ2n) is 2.61. The lowest BCUT2D eigenvalue weighted by molar-refractivity contribution is 0.463. The molecule has 0 amide bonds. The lowest BCUT2D eigenvalue weighted by atomic mass is 10.1. The Bertz CT molecular complexity index is 205. The van der Waals surface area contributed by atoms with E-state index in [0.29, 0.717) is 5.92 Å². The average molecular weight is 139 g/mol. The number of hydrogen-bond acceptors (Lipinski definition) is 2. The van der Waals surface area contributed by atoms with Crippen molar-refractivity contribution in [2.45, 2.75) is 33.1 Å². The van der Waals surface area contributed by atoms with Crippen LogP contribution in [0.15, 0.2) is 10.8 Å². The number of oxazole rings is 1. The van der Waals surface area contributed by atoms with Crippen LogP contribution in [-0.4, -0.2) is 4.98 Å². The van der Waals surface area contributed by atoms with E-state index in [-0.39, 0.29) is 0 Å². The number of rotatable bonds is 2. The van der Waals surface area contributed by atoms with Crippen LogP contribution in [-0.2, 0) is 0 Å². The molecule has 0 N–H and O–H groups in total. The van der Waals surface area contributed by atoms with Crippen molar-refractivity contribution >= 4 is 0 Å². The summed E-state index contributed by atoms with van der Waals surface area (Å²) in [6.45, 7) is 6.27. The second kappa shape index (κ2) is 2.86. The topological polar surface area (TPSA) is 26.0 Å². The molecular formula is C8H13NO. The summed E-state index contributed by atoms with van der Waals surface area (Å²) in [5.74, 6) is 1.53. The van der Waals surface area contributed by atoms with Gasteiger partial charge in [0, 0.05) is 5.92 Å². The van der Waals surface area contributed by atoms with Gasteiger partial charge in [-0.05, 0) is 13.3 Å². The van der Waals surface area contributed by atoms with Gasteiger partial charge >= 0.3 is 0 Å². The lowest BCUT2D eigenvalue weighted by Crippen LogP contribution is -1.90. The van der Waals surface area contributed by atoms with Gasteiger partial charge in [-0.2, -0.15) is 0 Å². The maximum Gasteiger partial charge on any atom is 0.181 e. The Balaban J connectivity index is 2.82. The summed E-state index contributed by atoms with van der Waals surface area (Å²) in [4.78, 5) is 4.02. The lowest BCUT2D eigenvalue weighted by Gasteiger charge is -2.03. The zero-order valence-electron chi connectivity index (χ0n) is 6.72. The molecule has 0 saturated carbocycles. The average Bonchev–Trinajstić information content (AvgIpc) is 2.34. The van der Waals surface area contributed by atoms with Gasteiger partial charge < -0.3 is 4.42 Å². The van der Waals surface area contributed by atoms with Crippen molar-refractivity contribution in [1.29, 1.82) is 0 Å². The van der Waals surface area contributed by atoms with Crippen LogP contribution in [0, 0.1) is 6.92 Å². The molecule has 0 aliphatic rings. The maximum atomic E-state index is 5.21. The smallest absolute Gasteiger partial charge is 0.181 e. The van der Waals surface area contributed by atoms with Gasteiger partial charge in [0.1, 0.15) is 5.76 Å². The first-order valence-corrected chi connectivity index (χ1v) is 3.65. The first-order valence-electron chi connectivity index (χ1n) is 3.65. The highest BCUT2D eigenvalue weighted by Gasteiger charge is 2.09. The molecule has 0 bridgehead atoms. The molecule has 56 valence electrons. The zero-order valence-corrected chi connectivity index (χ0v) is 6.72. The second-order valence-corrected chi connectivity index (χ2v) is 2.61. The fourth-order valence-corrected chi connectivity index (χ4v) is 0.969. The third-order valence-corrected chi connectivity index (χ3v) is 1.84. The Morgan fingerprint density at radius 2 is 2.40 bits per heavy atom. The first kappa shape index (κ1) is 7.32. The highest BCUT2D eigenvalue weighted by atomic mass is 16.3. The number of aryl methyl sites for hydroxylation is 1. The van der Waals surface area contributed by atoms with Crippen LogP contribution >= 0.6 is 0 Å². The van der Waals surface area contributed by atoms with E-state index >= 15 is 0 Å². The van der Waals surface area contributed by atoms with Crippen molar-refractivity contribution in [3.05, 3.63) is 17.8 Å². The van der Waals surface area contributed by atoms with Crippen molar-refractivity contribution in [1.82, 2.24) is 4.98 Å².